The summed E-state index contributed by atoms with van der Waals surface area (Å²) in [6, 6.07) is 8.09. The first-order valence-electron chi connectivity index (χ1n) is 5.78. The quantitative estimate of drug-likeness (QED) is 0.753. The number of hydrogen-bond donors (Lipinski definition) is 0. The second kappa shape index (κ2) is 5.55. The molecule has 0 spiro atoms. The van der Waals surface area contributed by atoms with E-state index in [1.54, 1.807) is 0 Å². The maximum absolute atomic E-state index is 6.14. The second-order valence-electron chi connectivity index (χ2n) is 3.98. The predicted molar refractivity (Wildman–Crippen MR) is 65.2 cm³/mol. The lowest BCUT2D eigenvalue weighted by Gasteiger charge is -2.26. The van der Waals surface area contributed by atoms with Crippen LogP contribution in [0.15, 0.2) is 24.3 Å². The van der Waals surface area contributed by atoms with E-state index in [1.807, 2.05) is 19.1 Å². The first-order chi connectivity index (χ1) is 7.79. The third kappa shape index (κ3) is 2.89. The van der Waals surface area contributed by atoms with Gasteiger partial charge < -0.3 is 9.47 Å². The van der Waals surface area contributed by atoms with Gasteiger partial charge in [-0.15, -0.1) is 11.6 Å². The predicted octanol–water partition coefficient (Wildman–Crippen LogP) is 3.54. The van der Waals surface area contributed by atoms with E-state index in [4.69, 9.17) is 21.1 Å². The van der Waals surface area contributed by atoms with Crippen LogP contribution in [0.1, 0.15) is 31.4 Å². The Bertz CT molecular complexity index is 323. The lowest BCUT2D eigenvalue weighted by molar-refractivity contribution is 0.0168. The highest BCUT2D eigenvalue weighted by molar-refractivity contribution is 6.20. The zero-order chi connectivity index (χ0) is 11.4. The van der Waals surface area contributed by atoms with Crippen LogP contribution in [0.4, 0.5) is 0 Å². The van der Waals surface area contributed by atoms with E-state index >= 15 is 0 Å². The lowest BCUT2D eigenvalue weighted by atomic mass is 10.0. The van der Waals surface area contributed by atoms with Crippen molar-refractivity contribution in [3.05, 3.63) is 29.8 Å². The second-order valence-corrected chi connectivity index (χ2v) is 4.60. The molecule has 88 valence electrons. The first-order valence-corrected chi connectivity index (χ1v) is 6.21. The van der Waals surface area contributed by atoms with Crippen LogP contribution in [0.2, 0.25) is 0 Å². The lowest BCUT2D eigenvalue weighted by Crippen LogP contribution is -2.19. The van der Waals surface area contributed by atoms with Gasteiger partial charge in [0.15, 0.2) is 0 Å². The van der Waals surface area contributed by atoms with Gasteiger partial charge in [0.2, 0.25) is 0 Å². The summed E-state index contributed by atoms with van der Waals surface area (Å²) in [5.74, 6) is 0.907. The summed E-state index contributed by atoms with van der Waals surface area (Å²) in [6.07, 6.45) is 2.00. The fourth-order valence-corrected chi connectivity index (χ4v) is 2.18. The Labute approximate surface area is 102 Å². The average molecular weight is 241 g/mol. The zero-order valence-electron chi connectivity index (χ0n) is 9.49. The number of halogens is 1. The highest BCUT2D eigenvalue weighted by Gasteiger charge is 2.22. The highest BCUT2D eigenvalue weighted by Crippen LogP contribution is 2.31. The monoisotopic (exact) mass is 240 g/mol. The minimum absolute atomic E-state index is 0.145. The third-order valence-corrected chi connectivity index (χ3v) is 3.18. The average Bonchev–Trinajstić information content (AvgIpc) is 2.30. The largest absolute Gasteiger partial charge is 0.494 e. The minimum Gasteiger partial charge on any atom is -0.494 e. The Hall–Kier alpha value is -0.730. The molecule has 2 rings (SSSR count). The molecule has 1 heterocycles. The first kappa shape index (κ1) is 11.7. The topological polar surface area (TPSA) is 18.5 Å². The van der Waals surface area contributed by atoms with Crippen molar-refractivity contribution < 1.29 is 9.47 Å². The van der Waals surface area contributed by atoms with E-state index < -0.39 is 0 Å². The van der Waals surface area contributed by atoms with Gasteiger partial charge in [-0.1, -0.05) is 12.1 Å². The van der Waals surface area contributed by atoms with Crippen molar-refractivity contribution in [3.63, 3.8) is 0 Å². The minimum atomic E-state index is 0.145. The molecule has 1 aliphatic heterocycles. The van der Waals surface area contributed by atoms with Gasteiger partial charge in [-0.05, 0) is 37.5 Å². The van der Waals surface area contributed by atoms with Crippen molar-refractivity contribution in [3.8, 4) is 5.75 Å². The van der Waals surface area contributed by atoms with Crippen LogP contribution < -0.4 is 4.74 Å². The molecule has 0 amide bonds. The molecule has 0 bridgehead atoms. The normalized spacial score (nSPS) is 25.4. The Morgan fingerprint density at radius 3 is 2.75 bits per heavy atom. The summed E-state index contributed by atoms with van der Waals surface area (Å²) in [5, 5.41) is 0.241. The van der Waals surface area contributed by atoms with Crippen molar-refractivity contribution in [1.82, 2.24) is 0 Å². The molecule has 2 nitrogen and oxygen atoms in total. The van der Waals surface area contributed by atoms with Crippen molar-refractivity contribution in [2.24, 2.45) is 0 Å². The summed E-state index contributed by atoms with van der Waals surface area (Å²) in [5.41, 5.74) is 1.19. The fourth-order valence-electron chi connectivity index (χ4n) is 1.93. The van der Waals surface area contributed by atoms with Gasteiger partial charge in [-0.3, -0.25) is 0 Å². The molecular formula is C13H17ClO2. The SMILES string of the molecule is CCOc1ccc(C2CC(Cl)CCO2)cc1. The van der Waals surface area contributed by atoms with E-state index in [-0.39, 0.29) is 11.5 Å². The van der Waals surface area contributed by atoms with Crippen molar-refractivity contribution >= 4 is 11.6 Å². The van der Waals surface area contributed by atoms with Crippen molar-refractivity contribution in [2.75, 3.05) is 13.2 Å². The molecule has 1 fully saturated rings. The molecule has 0 aromatic heterocycles. The van der Waals surface area contributed by atoms with Crippen LogP contribution in [-0.2, 0) is 4.74 Å². The number of benzene rings is 1. The molecule has 0 N–H and O–H groups in total. The summed E-state index contributed by atoms with van der Waals surface area (Å²) < 4.78 is 11.1. The van der Waals surface area contributed by atoms with E-state index in [0.717, 1.165) is 25.2 Å². The molecule has 2 unspecified atom stereocenters. The molecule has 0 aliphatic carbocycles. The van der Waals surface area contributed by atoms with Crippen molar-refractivity contribution in [1.29, 1.82) is 0 Å². The van der Waals surface area contributed by atoms with Crippen LogP contribution in [0.25, 0.3) is 0 Å². The van der Waals surface area contributed by atoms with Gasteiger partial charge in [0.05, 0.1) is 12.7 Å². The van der Waals surface area contributed by atoms with Gasteiger partial charge in [0.1, 0.15) is 5.75 Å². The van der Waals surface area contributed by atoms with E-state index in [9.17, 15) is 0 Å². The Morgan fingerprint density at radius 1 is 1.38 bits per heavy atom. The summed E-state index contributed by atoms with van der Waals surface area (Å²) in [7, 11) is 0. The molecular weight excluding hydrogens is 224 g/mol. The number of hydrogen-bond acceptors (Lipinski definition) is 2. The molecule has 3 heteroatoms. The molecule has 1 saturated heterocycles. The van der Waals surface area contributed by atoms with E-state index in [2.05, 4.69) is 12.1 Å². The molecule has 1 aliphatic rings. The van der Waals surface area contributed by atoms with Crippen LogP contribution in [0, 0.1) is 0 Å². The molecule has 0 saturated carbocycles. The smallest absolute Gasteiger partial charge is 0.119 e. The molecule has 16 heavy (non-hydrogen) atoms. The van der Waals surface area contributed by atoms with Crippen molar-refractivity contribution in [2.45, 2.75) is 31.2 Å². The number of alkyl halides is 1. The van der Waals surface area contributed by atoms with Crippen LogP contribution in [0.3, 0.4) is 0 Å². The maximum Gasteiger partial charge on any atom is 0.119 e. The van der Waals surface area contributed by atoms with Gasteiger partial charge in [0, 0.05) is 12.0 Å². The molecule has 0 radical (unpaired) electrons. The summed E-state index contributed by atoms with van der Waals surface area (Å²) in [4.78, 5) is 0. The number of rotatable bonds is 3. The van der Waals surface area contributed by atoms with Crippen LogP contribution in [0.5, 0.6) is 5.75 Å². The number of ether oxygens (including phenoxy) is 2. The van der Waals surface area contributed by atoms with Gasteiger partial charge in [0.25, 0.3) is 0 Å². The highest BCUT2D eigenvalue weighted by atomic mass is 35.5. The maximum atomic E-state index is 6.14. The third-order valence-electron chi connectivity index (χ3n) is 2.78. The molecule has 2 atom stereocenters. The molecule has 1 aromatic rings. The Balaban J connectivity index is 2.03. The van der Waals surface area contributed by atoms with Gasteiger partial charge in [-0.25, -0.2) is 0 Å². The Morgan fingerprint density at radius 2 is 2.12 bits per heavy atom. The summed E-state index contributed by atoms with van der Waals surface area (Å²) in [6.45, 7) is 3.44. The van der Waals surface area contributed by atoms with E-state index in [1.165, 1.54) is 5.56 Å². The van der Waals surface area contributed by atoms with Gasteiger partial charge in [-0.2, -0.15) is 0 Å². The van der Waals surface area contributed by atoms with Crippen LogP contribution in [-0.4, -0.2) is 18.6 Å². The van der Waals surface area contributed by atoms with Gasteiger partial charge >= 0.3 is 0 Å². The van der Waals surface area contributed by atoms with E-state index in [0.29, 0.717) is 6.61 Å². The molecule has 1 aromatic carbocycles. The zero-order valence-corrected chi connectivity index (χ0v) is 10.2. The fraction of sp³-hybridized carbons (Fsp3) is 0.538. The standard InChI is InChI=1S/C13H17ClO2/c1-2-15-12-5-3-10(4-6-12)13-9-11(14)7-8-16-13/h3-6,11,13H,2,7-9H2,1H3. The Kier molecular flexibility index (Phi) is 4.08. The van der Waals surface area contributed by atoms with Crippen LogP contribution >= 0.6 is 11.6 Å². The summed E-state index contributed by atoms with van der Waals surface area (Å²) >= 11 is 6.14.